The van der Waals surface area contributed by atoms with E-state index in [1.807, 2.05) is 7.05 Å². The molecule has 1 atom stereocenters. The molecule has 0 amide bonds. The summed E-state index contributed by atoms with van der Waals surface area (Å²) in [5.41, 5.74) is 1.25. The van der Waals surface area contributed by atoms with Crippen LogP contribution in [-0.2, 0) is 0 Å². The van der Waals surface area contributed by atoms with Crippen LogP contribution in [0.3, 0.4) is 0 Å². The molecule has 2 fully saturated rings. The van der Waals surface area contributed by atoms with Gasteiger partial charge in [-0.25, -0.2) is 9.97 Å². The van der Waals surface area contributed by atoms with E-state index in [1.165, 1.54) is 37.9 Å². The molecule has 21 heavy (non-hydrogen) atoms. The second kappa shape index (κ2) is 6.18. The molecule has 0 spiro atoms. The zero-order valence-corrected chi connectivity index (χ0v) is 13.5. The molecule has 2 saturated heterocycles. The zero-order chi connectivity index (χ0) is 14.8. The molecular formula is C16H27N5. The van der Waals surface area contributed by atoms with Gasteiger partial charge in [-0.2, -0.15) is 0 Å². The Balaban J connectivity index is 1.81. The molecule has 1 N–H and O–H groups in total. The monoisotopic (exact) mass is 289 g/mol. The summed E-state index contributed by atoms with van der Waals surface area (Å²) in [5, 5.41) is 3.22. The van der Waals surface area contributed by atoms with E-state index in [-0.39, 0.29) is 0 Å². The van der Waals surface area contributed by atoms with Crippen molar-refractivity contribution in [2.45, 2.75) is 45.1 Å². The Morgan fingerprint density at radius 3 is 2.62 bits per heavy atom. The molecule has 0 aliphatic carbocycles. The maximum Gasteiger partial charge on any atom is 0.137 e. The van der Waals surface area contributed by atoms with Gasteiger partial charge in [-0.1, -0.05) is 13.8 Å². The van der Waals surface area contributed by atoms with Gasteiger partial charge in [-0.05, 0) is 38.3 Å². The third-order valence-corrected chi connectivity index (χ3v) is 4.80. The molecule has 1 aromatic rings. The van der Waals surface area contributed by atoms with Gasteiger partial charge in [0.2, 0.25) is 0 Å². The summed E-state index contributed by atoms with van der Waals surface area (Å²) in [6.07, 6.45) is 5.68. The van der Waals surface area contributed by atoms with Crippen LogP contribution in [0.4, 0.5) is 11.6 Å². The summed E-state index contributed by atoms with van der Waals surface area (Å²) in [6.45, 7) is 9.22. The number of anilines is 2. The first-order chi connectivity index (χ1) is 10.2. The molecule has 116 valence electrons. The van der Waals surface area contributed by atoms with Crippen molar-refractivity contribution in [3.63, 3.8) is 0 Å². The van der Waals surface area contributed by atoms with E-state index in [4.69, 9.17) is 0 Å². The smallest absolute Gasteiger partial charge is 0.137 e. The highest BCUT2D eigenvalue weighted by Gasteiger charge is 2.31. The second-order valence-electron chi connectivity index (χ2n) is 6.50. The van der Waals surface area contributed by atoms with Crippen LogP contribution in [-0.4, -0.2) is 54.1 Å². The lowest BCUT2D eigenvalue weighted by atomic mass is 10.0. The number of aromatic nitrogens is 2. The first kappa shape index (κ1) is 14.6. The summed E-state index contributed by atoms with van der Waals surface area (Å²) < 4.78 is 0. The van der Waals surface area contributed by atoms with Crippen LogP contribution >= 0.6 is 0 Å². The van der Waals surface area contributed by atoms with E-state index in [1.54, 1.807) is 6.33 Å². The van der Waals surface area contributed by atoms with Crippen molar-refractivity contribution in [2.24, 2.45) is 0 Å². The fourth-order valence-corrected chi connectivity index (χ4v) is 3.71. The number of rotatable bonds is 4. The molecule has 2 aliphatic heterocycles. The van der Waals surface area contributed by atoms with Crippen molar-refractivity contribution in [3.05, 3.63) is 11.9 Å². The molecule has 0 bridgehead atoms. The summed E-state index contributed by atoms with van der Waals surface area (Å²) >= 11 is 0. The van der Waals surface area contributed by atoms with Crippen LogP contribution in [0.2, 0.25) is 0 Å². The lowest BCUT2D eigenvalue weighted by Crippen LogP contribution is -2.35. The van der Waals surface area contributed by atoms with Gasteiger partial charge < -0.3 is 10.2 Å². The molecule has 3 rings (SSSR count). The quantitative estimate of drug-likeness (QED) is 0.921. The topological polar surface area (TPSA) is 44.3 Å². The summed E-state index contributed by atoms with van der Waals surface area (Å²) in [5.74, 6) is 2.53. The second-order valence-corrected chi connectivity index (χ2v) is 6.50. The Kier molecular flexibility index (Phi) is 4.29. The van der Waals surface area contributed by atoms with E-state index >= 15 is 0 Å². The third kappa shape index (κ3) is 2.84. The summed E-state index contributed by atoms with van der Waals surface area (Å²) in [4.78, 5) is 14.1. The van der Waals surface area contributed by atoms with Crippen LogP contribution in [0, 0.1) is 0 Å². The van der Waals surface area contributed by atoms with Gasteiger partial charge in [0, 0.05) is 31.7 Å². The highest BCUT2D eigenvalue weighted by Crippen LogP contribution is 2.33. The molecule has 0 radical (unpaired) electrons. The largest absolute Gasteiger partial charge is 0.373 e. The van der Waals surface area contributed by atoms with E-state index < -0.39 is 0 Å². The fourth-order valence-electron chi connectivity index (χ4n) is 3.71. The molecule has 5 heteroatoms. The molecule has 3 heterocycles. The Morgan fingerprint density at radius 2 is 1.95 bits per heavy atom. The minimum Gasteiger partial charge on any atom is -0.373 e. The van der Waals surface area contributed by atoms with Gasteiger partial charge in [0.1, 0.15) is 18.0 Å². The molecule has 1 unspecified atom stereocenters. The van der Waals surface area contributed by atoms with E-state index in [9.17, 15) is 0 Å². The standard InChI is InChI=1S/C16H27N5/c1-12(2)14-15(17-3)18-11-19-16(14)21-9-6-13(10-21)20-7-4-5-8-20/h11-13H,4-10H2,1-3H3,(H,17,18,19). The van der Waals surface area contributed by atoms with Crippen molar-refractivity contribution in [2.75, 3.05) is 43.4 Å². The minimum absolute atomic E-state index is 0.425. The maximum atomic E-state index is 4.61. The first-order valence-corrected chi connectivity index (χ1v) is 8.22. The molecule has 5 nitrogen and oxygen atoms in total. The Morgan fingerprint density at radius 1 is 1.19 bits per heavy atom. The van der Waals surface area contributed by atoms with Gasteiger partial charge >= 0.3 is 0 Å². The summed E-state index contributed by atoms with van der Waals surface area (Å²) in [7, 11) is 1.94. The summed E-state index contributed by atoms with van der Waals surface area (Å²) in [6, 6.07) is 0.709. The number of hydrogen-bond acceptors (Lipinski definition) is 5. The fraction of sp³-hybridized carbons (Fsp3) is 0.750. The third-order valence-electron chi connectivity index (χ3n) is 4.80. The predicted octanol–water partition coefficient (Wildman–Crippen LogP) is 2.32. The van der Waals surface area contributed by atoms with Crippen molar-refractivity contribution in [1.29, 1.82) is 0 Å². The van der Waals surface area contributed by atoms with Gasteiger partial charge in [-0.15, -0.1) is 0 Å². The lowest BCUT2D eigenvalue weighted by Gasteiger charge is -2.26. The predicted molar refractivity (Wildman–Crippen MR) is 87.1 cm³/mol. The Labute approximate surface area is 127 Å². The number of nitrogens with zero attached hydrogens (tertiary/aromatic N) is 4. The normalized spacial score (nSPS) is 23.2. The van der Waals surface area contributed by atoms with Gasteiger partial charge in [-0.3, -0.25) is 4.90 Å². The lowest BCUT2D eigenvalue weighted by molar-refractivity contribution is 0.260. The Bertz CT molecular complexity index is 482. The van der Waals surface area contributed by atoms with Crippen LogP contribution in [0.1, 0.15) is 44.6 Å². The van der Waals surface area contributed by atoms with Crippen molar-refractivity contribution < 1.29 is 0 Å². The van der Waals surface area contributed by atoms with Crippen molar-refractivity contribution >= 4 is 11.6 Å². The van der Waals surface area contributed by atoms with E-state index in [0.29, 0.717) is 12.0 Å². The van der Waals surface area contributed by atoms with Crippen molar-refractivity contribution in [1.82, 2.24) is 14.9 Å². The number of nitrogens with one attached hydrogen (secondary N) is 1. The molecule has 1 aromatic heterocycles. The van der Waals surface area contributed by atoms with Gasteiger partial charge in [0.25, 0.3) is 0 Å². The van der Waals surface area contributed by atoms with Crippen LogP contribution in [0.25, 0.3) is 0 Å². The molecule has 0 aromatic carbocycles. The van der Waals surface area contributed by atoms with E-state index in [0.717, 1.165) is 24.7 Å². The SMILES string of the molecule is CNc1ncnc(N2CCC(N3CCCC3)C2)c1C(C)C. The van der Waals surface area contributed by atoms with Crippen LogP contribution in [0.15, 0.2) is 6.33 Å². The average molecular weight is 289 g/mol. The van der Waals surface area contributed by atoms with Crippen LogP contribution < -0.4 is 10.2 Å². The van der Waals surface area contributed by atoms with E-state index in [2.05, 4.69) is 38.9 Å². The highest BCUT2D eigenvalue weighted by molar-refractivity contribution is 5.60. The number of likely N-dealkylation sites (tertiary alicyclic amines) is 1. The van der Waals surface area contributed by atoms with Crippen molar-refractivity contribution in [3.8, 4) is 0 Å². The maximum absolute atomic E-state index is 4.61. The number of hydrogen-bond donors (Lipinski definition) is 1. The minimum atomic E-state index is 0.425. The highest BCUT2D eigenvalue weighted by atomic mass is 15.3. The van der Waals surface area contributed by atoms with Crippen LogP contribution in [0.5, 0.6) is 0 Å². The molecule has 2 aliphatic rings. The average Bonchev–Trinajstić information content (AvgIpc) is 3.16. The van der Waals surface area contributed by atoms with Gasteiger partial charge in [0.15, 0.2) is 0 Å². The Hall–Kier alpha value is -1.36. The molecular weight excluding hydrogens is 262 g/mol. The first-order valence-electron chi connectivity index (χ1n) is 8.22. The zero-order valence-electron chi connectivity index (χ0n) is 13.5. The molecule has 0 saturated carbocycles. The van der Waals surface area contributed by atoms with Gasteiger partial charge in [0.05, 0.1) is 0 Å².